The van der Waals surface area contributed by atoms with Gasteiger partial charge >= 0.3 is 0 Å². The maximum Gasteiger partial charge on any atom is 0.242 e. The predicted molar refractivity (Wildman–Crippen MR) is 164 cm³/mol. The lowest BCUT2D eigenvalue weighted by atomic mass is 9.57. The molecule has 2 aromatic rings. The quantitative estimate of drug-likeness (QED) is 0.283. The van der Waals surface area contributed by atoms with E-state index in [9.17, 15) is 14.4 Å². The van der Waals surface area contributed by atoms with E-state index in [4.69, 9.17) is 20.4 Å². The number of likely N-dealkylation sites (N-methyl/N-ethyl adjacent to an activating group) is 1. The molecular formula is C31H41B2FN4O4. The first kappa shape index (κ1) is 33.3. The minimum absolute atomic E-state index is 0.0383. The molecule has 0 saturated carbocycles. The molecule has 222 valence electrons. The number of ether oxygens (including phenoxy) is 1. The molecule has 0 spiro atoms. The lowest BCUT2D eigenvalue weighted by Crippen LogP contribution is -2.56. The van der Waals surface area contributed by atoms with Crippen molar-refractivity contribution in [1.29, 1.82) is 0 Å². The maximum atomic E-state index is 16.0. The Bertz CT molecular complexity index is 1270. The summed E-state index contributed by atoms with van der Waals surface area (Å²) in [5.41, 5.74) is 1.72. The van der Waals surface area contributed by atoms with Gasteiger partial charge in [0, 0.05) is 50.9 Å². The highest BCUT2D eigenvalue weighted by Gasteiger charge is 2.38. The van der Waals surface area contributed by atoms with E-state index in [1.807, 2.05) is 40.7 Å². The first-order valence-corrected chi connectivity index (χ1v) is 14.1. The second-order valence-electron chi connectivity index (χ2n) is 12.3. The molecule has 1 aliphatic rings. The topological polar surface area (TPSA) is 91.0 Å². The minimum Gasteiger partial charge on any atom is -0.392 e. The van der Waals surface area contributed by atoms with Crippen molar-refractivity contribution in [1.82, 2.24) is 15.1 Å². The van der Waals surface area contributed by atoms with Gasteiger partial charge in [0.25, 0.3) is 0 Å². The highest BCUT2D eigenvalue weighted by Crippen LogP contribution is 2.32. The Morgan fingerprint density at radius 1 is 1.14 bits per heavy atom. The number of aldehydes is 1. The summed E-state index contributed by atoms with van der Waals surface area (Å²) in [6, 6.07) is 9.53. The van der Waals surface area contributed by atoms with E-state index in [1.165, 1.54) is 11.9 Å². The summed E-state index contributed by atoms with van der Waals surface area (Å²) < 4.78 is 22.2. The second-order valence-corrected chi connectivity index (χ2v) is 12.3. The van der Waals surface area contributed by atoms with Crippen molar-refractivity contribution in [2.45, 2.75) is 83.1 Å². The van der Waals surface area contributed by atoms with Gasteiger partial charge in [-0.1, -0.05) is 30.3 Å². The average Bonchev–Trinajstić information content (AvgIpc) is 2.88. The van der Waals surface area contributed by atoms with Crippen LogP contribution in [0.3, 0.4) is 0 Å². The molecule has 2 amide bonds. The number of benzene rings is 2. The third-order valence-electron chi connectivity index (χ3n) is 7.41. The third-order valence-corrected chi connectivity index (χ3v) is 7.41. The van der Waals surface area contributed by atoms with Crippen LogP contribution in [0.4, 0.5) is 10.1 Å². The molecule has 1 aliphatic heterocycles. The van der Waals surface area contributed by atoms with E-state index in [0.717, 1.165) is 5.56 Å². The predicted octanol–water partition coefficient (Wildman–Crippen LogP) is 3.14. The highest BCUT2D eigenvalue weighted by molar-refractivity contribution is 6.41. The van der Waals surface area contributed by atoms with Gasteiger partial charge in [-0.25, -0.2) is 4.39 Å². The van der Waals surface area contributed by atoms with Gasteiger partial charge in [0.15, 0.2) is 0 Å². The molecule has 3 rings (SSSR count). The summed E-state index contributed by atoms with van der Waals surface area (Å²) in [5, 5.41) is 3.82. The Morgan fingerprint density at radius 2 is 1.79 bits per heavy atom. The molecule has 2 aromatic carbocycles. The number of hydrogen-bond acceptors (Lipinski definition) is 6. The van der Waals surface area contributed by atoms with E-state index in [1.54, 1.807) is 30.3 Å². The highest BCUT2D eigenvalue weighted by atomic mass is 19.1. The Balaban J connectivity index is 1.90. The van der Waals surface area contributed by atoms with Crippen LogP contribution in [0.2, 0.25) is 0 Å². The summed E-state index contributed by atoms with van der Waals surface area (Å²) in [7, 11) is 14.6. The molecular weight excluding hydrogens is 533 g/mol. The molecule has 0 aliphatic carbocycles. The molecule has 1 fully saturated rings. The smallest absolute Gasteiger partial charge is 0.242 e. The van der Waals surface area contributed by atoms with Crippen LogP contribution in [-0.4, -0.2) is 81.5 Å². The van der Waals surface area contributed by atoms with Gasteiger partial charge in [-0.15, -0.1) is 0 Å². The number of morpholine rings is 1. The largest absolute Gasteiger partial charge is 0.392 e. The van der Waals surface area contributed by atoms with E-state index in [0.29, 0.717) is 49.1 Å². The standard InChI is InChI=1S/C31H41B2FN4O4/c1-21-10-7-13-25(23(21)17-38(20-40)26(14-9-15-39)28(41)35-6)36-31(32,33)24-12-8-11-22(27(24)34)16-37-18-29(2,3)42-30(4,5)19-37/h7-8,10-13,15,20,26,36H,9,14,16-19H2,1-6H3,(H,35,41). The normalized spacial score (nSPS) is 17.2. The molecule has 8 nitrogen and oxygen atoms in total. The van der Waals surface area contributed by atoms with Crippen LogP contribution >= 0.6 is 0 Å². The molecule has 2 N–H and O–H groups in total. The fourth-order valence-corrected chi connectivity index (χ4v) is 5.88. The van der Waals surface area contributed by atoms with Gasteiger partial charge < -0.3 is 25.1 Å². The van der Waals surface area contributed by atoms with Crippen molar-refractivity contribution in [3.8, 4) is 0 Å². The Hall–Kier alpha value is -3.17. The summed E-state index contributed by atoms with van der Waals surface area (Å²) >= 11 is 0. The van der Waals surface area contributed by atoms with E-state index < -0.39 is 17.2 Å². The first-order valence-electron chi connectivity index (χ1n) is 14.1. The Labute approximate surface area is 251 Å². The number of rotatable bonds is 13. The van der Waals surface area contributed by atoms with Crippen LogP contribution in [-0.2, 0) is 37.5 Å². The van der Waals surface area contributed by atoms with Crippen molar-refractivity contribution in [2.75, 3.05) is 25.5 Å². The monoisotopic (exact) mass is 574 g/mol. The molecule has 11 heteroatoms. The number of nitrogens with one attached hydrogen (secondary N) is 2. The first-order chi connectivity index (χ1) is 19.6. The minimum atomic E-state index is -1.81. The lowest BCUT2D eigenvalue weighted by Gasteiger charge is -2.47. The van der Waals surface area contributed by atoms with Gasteiger partial charge in [-0.3, -0.25) is 14.5 Å². The summed E-state index contributed by atoms with van der Waals surface area (Å²) in [6.07, 6.45) is 1.58. The number of carbonyl (C=O) groups excluding carboxylic acids is 3. The van der Waals surface area contributed by atoms with Crippen LogP contribution in [0.15, 0.2) is 36.4 Å². The number of amides is 2. The van der Waals surface area contributed by atoms with Gasteiger partial charge in [0.05, 0.1) is 26.9 Å². The van der Waals surface area contributed by atoms with Crippen LogP contribution in [0.25, 0.3) is 0 Å². The van der Waals surface area contributed by atoms with Crippen LogP contribution in [0.5, 0.6) is 0 Å². The molecule has 1 unspecified atom stereocenters. The van der Waals surface area contributed by atoms with Gasteiger partial charge in [-0.05, 0) is 69.1 Å². The molecule has 0 bridgehead atoms. The molecule has 4 radical (unpaired) electrons. The average molecular weight is 574 g/mol. The Morgan fingerprint density at radius 3 is 2.38 bits per heavy atom. The van der Waals surface area contributed by atoms with Crippen molar-refractivity contribution in [2.24, 2.45) is 0 Å². The zero-order valence-corrected chi connectivity index (χ0v) is 25.5. The number of hydrogen-bond donors (Lipinski definition) is 2. The third kappa shape index (κ3) is 8.22. The zero-order valence-electron chi connectivity index (χ0n) is 25.5. The van der Waals surface area contributed by atoms with E-state index in [-0.39, 0.29) is 42.1 Å². The summed E-state index contributed by atoms with van der Waals surface area (Å²) in [6.45, 7) is 11.6. The van der Waals surface area contributed by atoms with Crippen LogP contribution in [0.1, 0.15) is 62.8 Å². The van der Waals surface area contributed by atoms with Crippen molar-refractivity contribution in [3.05, 3.63) is 64.5 Å². The molecule has 1 saturated heterocycles. The van der Waals surface area contributed by atoms with Crippen molar-refractivity contribution >= 4 is 40.0 Å². The number of aryl methyl sites for hydroxylation is 1. The molecule has 1 heterocycles. The number of nitrogens with zero attached hydrogens (tertiary/aromatic N) is 2. The summed E-state index contributed by atoms with van der Waals surface area (Å²) in [5.74, 6) is -0.890. The number of anilines is 1. The van der Waals surface area contributed by atoms with Crippen molar-refractivity contribution < 1.29 is 23.5 Å². The van der Waals surface area contributed by atoms with Gasteiger partial charge in [0.2, 0.25) is 12.3 Å². The maximum absolute atomic E-state index is 16.0. The Kier molecular flexibility index (Phi) is 10.7. The molecule has 42 heavy (non-hydrogen) atoms. The van der Waals surface area contributed by atoms with Crippen molar-refractivity contribution in [3.63, 3.8) is 0 Å². The number of halogens is 1. The van der Waals surface area contributed by atoms with E-state index >= 15 is 4.39 Å². The fraction of sp³-hybridized carbons (Fsp3) is 0.516. The number of carbonyl (C=O) groups is 3. The SMILES string of the molecule is [B]C([B])(Nc1cccc(C)c1CN(C=O)C(CCC=O)C(=O)NC)c1cccc(CN2CC(C)(C)OC(C)(C)C2)c1F. The zero-order chi connectivity index (χ0) is 31.3. The summed E-state index contributed by atoms with van der Waals surface area (Å²) in [4.78, 5) is 39.1. The fourth-order valence-electron chi connectivity index (χ4n) is 5.88. The molecule has 1 atom stereocenters. The van der Waals surface area contributed by atoms with E-state index in [2.05, 4.69) is 15.5 Å². The van der Waals surface area contributed by atoms with Crippen LogP contribution in [0, 0.1) is 12.7 Å². The molecule has 0 aromatic heterocycles. The lowest BCUT2D eigenvalue weighted by molar-refractivity contribution is -0.182. The van der Waals surface area contributed by atoms with Gasteiger partial charge in [0.1, 0.15) is 18.1 Å². The second kappa shape index (κ2) is 13.4. The van der Waals surface area contributed by atoms with Crippen LogP contribution < -0.4 is 10.6 Å². The van der Waals surface area contributed by atoms with Gasteiger partial charge in [-0.2, -0.15) is 0 Å².